The van der Waals surface area contributed by atoms with E-state index in [1.54, 1.807) is 43.5 Å². The van der Waals surface area contributed by atoms with Gasteiger partial charge in [-0.25, -0.2) is 4.39 Å². The van der Waals surface area contributed by atoms with Crippen molar-refractivity contribution in [3.8, 4) is 21.9 Å². The molecule has 0 amide bonds. The summed E-state index contributed by atoms with van der Waals surface area (Å²) >= 11 is 1.49. The van der Waals surface area contributed by atoms with Crippen LogP contribution < -0.4 is 9.47 Å². The zero-order valence-electron chi connectivity index (χ0n) is 21.3. The van der Waals surface area contributed by atoms with Gasteiger partial charge >= 0.3 is 0 Å². The second kappa shape index (κ2) is 12.3. The first kappa shape index (κ1) is 26.8. The topological polar surface area (TPSA) is 38.8 Å². The van der Waals surface area contributed by atoms with Crippen LogP contribution in [-0.4, -0.2) is 50.7 Å². The molecule has 0 spiro atoms. The molecule has 0 aliphatic carbocycles. The second-order valence-corrected chi connectivity index (χ2v) is 9.71. The number of carbonyl (C=O) groups is 1. The lowest BCUT2D eigenvalue weighted by atomic mass is 9.97. The maximum absolute atomic E-state index is 13.7. The van der Waals surface area contributed by atoms with Gasteiger partial charge in [-0.05, 0) is 60.2 Å². The third kappa shape index (κ3) is 6.00. The number of ether oxygens (including phenoxy) is 2. The molecule has 1 aromatic heterocycles. The Kier molecular flexibility index (Phi) is 8.90. The number of methoxy groups -OCH3 is 1. The van der Waals surface area contributed by atoms with Crippen molar-refractivity contribution in [3.63, 3.8) is 0 Å². The monoisotopic (exact) mass is 523 g/mol. The Balaban J connectivity index is 0.00000156. The molecule has 0 bridgehead atoms. The van der Waals surface area contributed by atoms with Crippen molar-refractivity contribution in [2.45, 2.75) is 13.8 Å². The van der Waals surface area contributed by atoms with Gasteiger partial charge in [-0.2, -0.15) is 0 Å². The molecule has 37 heavy (non-hydrogen) atoms. The van der Waals surface area contributed by atoms with Gasteiger partial charge in [-0.1, -0.05) is 26.0 Å². The van der Waals surface area contributed by atoms with Gasteiger partial charge in [0.05, 0.1) is 13.8 Å². The Labute approximate surface area is 220 Å². The number of hydrogen-bond acceptors (Lipinski definition) is 5. The molecule has 0 atom stereocenters. The van der Waals surface area contributed by atoms with Crippen LogP contribution in [0.3, 0.4) is 0 Å². The van der Waals surface area contributed by atoms with E-state index in [0.717, 1.165) is 40.2 Å². The SMILES string of the molecule is CC.COc1ccc2c(C(=O)c3ccc(OCCN4CC(CF)C4)cc3)c(-c3ccc(F)cc3)sc2c1. The average molecular weight is 524 g/mol. The fraction of sp³-hybridized carbons (Fsp3) is 0.300. The van der Waals surface area contributed by atoms with Crippen molar-refractivity contribution in [1.82, 2.24) is 4.90 Å². The molecule has 4 aromatic rings. The van der Waals surface area contributed by atoms with Crippen LogP contribution >= 0.6 is 11.3 Å². The van der Waals surface area contributed by atoms with E-state index in [0.29, 0.717) is 29.2 Å². The van der Waals surface area contributed by atoms with Gasteiger partial charge in [-0.3, -0.25) is 14.1 Å². The van der Waals surface area contributed by atoms with Gasteiger partial charge in [0.25, 0.3) is 0 Å². The van der Waals surface area contributed by atoms with Gasteiger partial charge in [0.2, 0.25) is 0 Å². The van der Waals surface area contributed by atoms with Crippen LogP contribution in [0, 0.1) is 11.7 Å². The summed E-state index contributed by atoms with van der Waals surface area (Å²) in [5.41, 5.74) is 1.92. The van der Waals surface area contributed by atoms with Crippen LogP contribution in [0.4, 0.5) is 8.78 Å². The number of likely N-dealkylation sites (tertiary alicyclic amines) is 1. The van der Waals surface area contributed by atoms with E-state index in [2.05, 4.69) is 4.90 Å². The molecule has 0 radical (unpaired) electrons. The number of nitrogens with zero attached hydrogens (tertiary/aromatic N) is 1. The summed E-state index contributed by atoms with van der Waals surface area (Å²) in [7, 11) is 1.61. The number of carbonyl (C=O) groups excluding carboxylic acids is 1. The quantitative estimate of drug-likeness (QED) is 0.217. The zero-order chi connectivity index (χ0) is 26.4. The molecule has 0 saturated carbocycles. The predicted octanol–water partition coefficient (Wildman–Crippen LogP) is 7.25. The molecule has 5 rings (SSSR count). The first-order valence-corrected chi connectivity index (χ1v) is 13.3. The molecule has 7 heteroatoms. The largest absolute Gasteiger partial charge is 0.497 e. The Hall–Kier alpha value is -3.29. The fourth-order valence-corrected chi connectivity index (χ4v) is 5.56. The summed E-state index contributed by atoms with van der Waals surface area (Å²) < 4.78 is 38.2. The molecule has 1 aliphatic heterocycles. The summed E-state index contributed by atoms with van der Waals surface area (Å²) in [6, 6.07) is 19.0. The summed E-state index contributed by atoms with van der Waals surface area (Å²) in [5.74, 6) is 1.13. The Morgan fingerprint density at radius 2 is 1.68 bits per heavy atom. The van der Waals surface area contributed by atoms with E-state index in [-0.39, 0.29) is 24.2 Å². The third-order valence-electron chi connectivity index (χ3n) is 6.27. The van der Waals surface area contributed by atoms with Gasteiger partial charge < -0.3 is 9.47 Å². The molecule has 3 aromatic carbocycles. The fourth-order valence-electron chi connectivity index (χ4n) is 4.33. The van der Waals surface area contributed by atoms with Crippen molar-refractivity contribution >= 4 is 27.2 Å². The van der Waals surface area contributed by atoms with Crippen molar-refractivity contribution in [1.29, 1.82) is 0 Å². The number of hydrogen-bond donors (Lipinski definition) is 0. The summed E-state index contributed by atoms with van der Waals surface area (Å²) in [6.07, 6.45) is 0. The van der Waals surface area contributed by atoms with Crippen molar-refractivity contribution in [2.24, 2.45) is 5.92 Å². The van der Waals surface area contributed by atoms with Crippen LogP contribution in [0.5, 0.6) is 11.5 Å². The number of benzene rings is 3. The zero-order valence-corrected chi connectivity index (χ0v) is 22.1. The Bertz CT molecular complexity index is 1330. The highest BCUT2D eigenvalue weighted by Crippen LogP contribution is 2.41. The molecule has 1 fully saturated rings. The molecule has 0 unspecified atom stereocenters. The molecule has 1 saturated heterocycles. The molecule has 0 N–H and O–H groups in total. The van der Waals surface area contributed by atoms with E-state index in [9.17, 15) is 13.6 Å². The Morgan fingerprint density at radius 3 is 2.32 bits per heavy atom. The van der Waals surface area contributed by atoms with E-state index >= 15 is 0 Å². The summed E-state index contributed by atoms with van der Waals surface area (Å²) in [6.45, 7) is 6.57. The van der Waals surface area contributed by atoms with Crippen LogP contribution in [0.2, 0.25) is 0 Å². The Morgan fingerprint density at radius 1 is 1.00 bits per heavy atom. The minimum absolute atomic E-state index is 0.106. The number of fused-ring (bicyclic) bond motifs is 1. The van der Waals surface area contributed by atoms with Gasteiger partial charge in [-0.15, -0.1) is 11.3 Å². The van der Waals surface area contributed by atoms with Gasteiger partial charge in [0.15, 0.2) is 5.78 Å². The van der Waals surface area contributed by atoms with Crippen LogP contribution in [-0.2, 0) is 0 Å². The van der Waals surface area contributed by atoms with Crippen LogP contribution in [0.25, 0.3) is 20.5 Å². The maximum atomic E-state index is 13.7. The maximum Gasteiger partial charge on any atom is 0.195 e. The molecule has 194 valence electrons. The number of rotatable bonds is 9. The minimum atomic E-state index is -0.323. The van der Waals surface area contributed by atoms with E-state index in [4.69, 9.17) is 9.47 Å². The van der Waals surface area contributed by atoms with Gasteiger partial charge in [0.1, 0.15) is 23.9 Å². The third-order valence-corrected chi connectivity index (χ3v) is 7.48. The number of ketones is 1. The molecule has 2 heterocycles. The highest BCUT2D eigenvalue weighted by atomic mass is 32.1. The highest BCUT2D eigenvalue weighted by Gasteiger charge is 2.26. The molecule has 1 aliphatic rings. The normalized spacial score (nSPS) is 13.5. The second-order valence-electron chi connectivity index (χ2n) is 8.66. The highest BCUT2D eigenvalue weighted by molar-refractivity contribution is 7.22. The lowest BCUT2D eigenvalue weighted by Gasteiger charge is -2.37. The van der Waals surface area contributed by atoms with E-state index in [1.165, 1.54) is 23.5 Å². The van der Waals surface area contributed by atoms with E-state index in [1.807, 2.05) is 32.0 Å². The van der Waals surface area contributed by atoms with E-state index < -0.39 is 0 Å². The first-order valence-electron chi connectivity index (χ1n) is 12.5. The first-order chi connectivity index (χ1) is 18.1. The number of alkyl halides is 1. The average Bonchev–Trinajstić information content (AvgIpc) is 3.30. The predicted molar refractivity (Wildman–Crippen MR) is 146 cm³/mol. The standard InChI is InChI=1S/C28H25F2NO3S.C2H6/c1-33-23-10-11-24-25(14-23)35-28(20-2-6-21(30)7-3-20)26(24)27(32)19-4-8-22(9-5-19)34-13-12-31-16-18(15-29)17-31;1-2/h2-11,14,18H,12-13,15-17H2,1H3;1-2H3. The van der Waals surface area contributed by atoms with Crippen LogP contribution in [0.15, 0.2) is 66.7 Å². The lowest BCUT2D eigenvalue weighted by molar-refractivity contribution is 0.0668. The smallest absolute Gasteiger partial charge is 0.195 e. The molecular formula is C30H31F2NO3S. The number of thiophene rings is 1. The van der Waals surface area contributed by atoms with Gasteiger partial charge in [0, 0.05) is 51.6 Å². The summed E-state index contributed by atoms with van der Waals surface area (Å²) in [5, 5.41) is 0.835. The van der Waals surface area contributed by atoms with Crippen molar-refractivity contribution in [2.75, 3.05) is 40.0 Å². The lowest BCUT2D eigenvalue weighted by Crippen LogP contribution is -2.49. The van der Waals surface area contributed by atoms with Crippen molar-refractivity contribution in [3.05, 3.63) is 83.7 Å². The number of halogens is 2. The summed E-state index contributed by atoms with van der Waals surface area (Å²) in [4.78, 5) is 16.6. The molecular weight excluding hydrogens is 492 g/mol. The minimum Gasteiger partial charge on any atom is -0.497 e. The van der Waals surface area contributed by atoms with Crippen LogP contribution in [0.1, 0.15) is 29.8 Å². The molecule has 4 nitrogen and oxygen atoms in total. The van der Waals surface area contributed by atoms with Crippen molar-refractivity contribution < 1.29 is 23.0 Å².